The van der Waals surface area contributed by atoms with Gasteiger partial charge in [-0.1, -0.05) is 0 Å². The Morgan fingerprint density at radius 2 is 1.72 bits per heavy atom. The zero-order chi connectivity index (χ0) is 18.6. The summed E-state index contributed by atoms with van der Waals surface area (Å²) >= 11 is 0. The van der Waals surface area contributed by atoms with Crippen molar-refractivity contribution in [2.24, 2.45) is 0 Å². The summed E-state index contributed by atoms with van der Waals surface area (Å²) in [6.45, 7) is 0.0939. The number of halogens is 1. The van der Waals surface area contributed by atoms with E-state index < -0.39 is 11.7 Å². The van der Waals surface area contributed by atoms with Gasteiger partial charge in [-0.2, -0.15) is 15.0 Å². The highest BCUT2D eigenvalue weighted by molar-refractivity contribution is 5.94. The van der Waals surface area contributed by atoms with Crippen molar-refractivity contribution in [3.05, 3.63) is 35.4 Å². The molecular weight excluding hydrogens is 327 g/mol. The van der Waals surface area contributed by atoms with E-state index in [2.05, 4.69) is 20.3 Å². The van der Waals surface area contributed by atoms with Gasteiger partial charge in [0.05, 0.1) is 13.7 Å². The van der Waals surface area contributed by atoms with Gasteiger partial charge in [0.2, 0.25) is 11.9 Å². The van der Waals surface area contributed by atoms with Crippen molar-refractivity contribution < 1.29 is 13.9 Å². The van der Waals surface area contributed by atoms with Gasteiger partial charge in [0.1, 0.15) is 0 Å². The maximum Gasteiger partial charge on any atom is 0.251 e. The Kier molecular flexibility index (Phi) is 5.68. The lowest BCUT2D eigenvalue weighted by Gasteiger charge is -2.16. The number of carbonyl (C=O) groups is 1. The van der Waals surface area contributed by atoms with Gasteiger partial charge >= 0.3 is 0 Å². The predicted octanol–water partition coefficient (Wildman–Crippen LogP) is 1.08. The number of aromatic nitrogens is 3. The van der Waals surface area contributed by atoms with Crippen LogP contribution in [0, 0.1) is 5.82 Å². The minimum atomic E-state index is -0.597. The lowest BCUT2D eigenvalue weighted by Crippen LogP contribution is -2.26. The van der Waals surface area contributed by atoms with Crippen LogP contribution in [0.4, 0.5) is 16.3 Å². The molecule has 0 bridgehead atoms. The van der Waals surface area contributed by atoms with Crippen molar-refractivity contribution in [3.63, 3.8) is 0 Å². The van der Waals surface area contributed by atoms with Crippen LogP contribution < -0.4 is 19.9 Å². The molecule has 0 aliphatic rings. The summed E-state index contributed by atoms with van der Waals surface area (Å²) < 4.78 is 18.5. The van der Waals surface area contributed by atoms with Crippen molar-refractivity contribution in [2.75, 3.05) is 45.1 Å². The Balaban J connectivity index is 2.14. The smallest absolute Gasteiger partial charge is 0.251 e. The second kappa shape index (κ2) is 7.73. The fraction of sp³-hybridized carbons (Fsp3) is 0.375. The second-order valence-corrected chi connectivity index (χ2v) is 5.67. The van der Waals surface area contributed by atoms with Crippen LogP contribution >= 0.6 is 0 Å². The van der Waals surface area contributed by atoms with Gasteiger partial charge in [0, 0.05) is 33.8 Å². The number of hydrogen-bond acceptors (Lipinski definition) is 7. The van der Waals surface area contributed by atoms with Gasteiger partial charge in [-0.15, -0.1) is 0 Å². The SMILES string of the molecule is COc1ccc(C(=O)NCc2nc(N(C)C)nc(N(C)C)n2)cc1F. The Morgan fingerprint density at radius 3 is 2.20 bits per heavy atom. The summed E-state index contributed by atoms with van der Waals surface area (Å²) in [5.41, 5.74) is 0.188. The first kappa shape index (κ1) is 18.4. The molecule has 0 aliphatic carbocycles. The Morgan fingerprint density at radius 1 is 1.12 bits per heavy atom. The summed E-state index contributed by atoms with van der Waals surface area (Å²) in [5.74, 6) is 0.432. The predicted molar refractivity (Wildman–Crippen MR) is 92.6 cm³/mol. The molecule has 25 heavy (non-hydrogen) atoms. The summed E-state index contributed by atoms with van der Waals surface area (Å²) in [5, 5.41) is 2.68. The molecule has 1 amide bonds. The van der Waals surface area contributed by atoms with E-state index in [1.807, 2.05) is 28.2 Å². The molecule has 1 aromatic carbocycles. The highest BCUT2D eigenvalue weighted by Crippen LogP contribution is 2.17. The molecule has 134 valence electrons. The molecule has 0 unspecified atom stereocenters. The van der Waals surface area contributed by atoms with Crippen LogP contribution in [0.1, 0.15) is 16.2 Å². The van der Waals surface area contributed by atoms with Crippen molar-refractivity contribution >= 4 is 17.8 Å². The molecule has 0 radical (unpaired) electrons. The van der Waals surface area contributed by atoms with Crippen LogP contribution in [0.25, 0.3) is 0 Å². The molecule has 0 saturated carbocycles. The quantitative estimate of drug-likeness (QED) is 0.836. The summed E-state index contributed by atoms with van der Waals surface area (Å²) in [6.07, 6.45) is 0. The number of nitrogens with zero attached hydrogens (tertiary/aromatic N) is 5. The molecule has 1 aromatic heterocycles. The zero-order valence-corrected chi connectivity index (χ0v) is 14.9. The molecule has 0 saturated heterocycles. The summed E-state index contributed by atoms with van der Waals surface area (Å²) in [6, 6.07) is 4.01. The molecule has 0 aliphatic heterocycles. The number of rotatable bonds is 6. The number of ether oxygens (including phenoxy) is 1. The van der Waals surface area contributed by atoms with Crippen LogP contribution in [-0.2, 0) is 6.54 Å². The average Bonchev–Trinajstić information content (AvgIpc) is 2.59. The second-order valence-electron chi connectivity index (χ2n) is 5.67. The van der Waals surface area contributed by atoms with E-state index in [0.717, 1.165) is 6.07 Å². The fourth-order valence-corrected chi connectivity index (χ4v) is 1.94. The number of hydrogen-bond donors (Lipinski definition) is 1. The van der Waals surface area contributed by atoms with Gasteiger partial charge in [-0.25, -0.2) is 4.39 Å². The van der Waals surface area contributed by atoms with Crippen LogP contribution in [0.2, 0.25) is 0 Å². The molecule has 8 nitrogen and oxygen atoms in total. The number of amides is 1. The fourth-order valence-electron chi connectivity index (χ4n) is 1.94. The lowest BCUT2D eigenvalue weighted by atomic mass is 10.2. The van der Waals surface area contributed by atoms with Crippen molar-refractivity contribution in [3.8, 4) is 5.75 Å². The number of benzene rings is 1. The first-order chi connectivity index (χ1) is 11.8. The van der Waals surface area contributed by atoms with Gasteiger partial charge in [-0.05, 0) is 18.2 Å². The summed E-state index contributed by atoms with van der Waals surface area (Å²) in [7, 11) is 8.63. The van der Waals surface area contributed by atoms with Crippen LogP contribution in [0.15, 0.2) is 18.2 Å². The molecule has 9 heteroatoms. The van der Waals surface area contributed by atoms with Crippen LogP contribution in [0.5, 0.6) is 5.75 Å². The Hall–Kier alpha value is -2.97. The number of nitrogens with one attached hydrogen (secondary N) is 1. The molecule has 2 aromatic rings. The van der Waals surface area contributed by atoms with Crippen LogP contribution in [-0.4, -0.2) is 56.2 Å². The minimum Gasteiger partial charge on any atom is -0.494 e. The lowest BCUT2D eigenvalue weighted by molar-refractivity contribution is 0.0949. The normalized spacial score (nSPS) is 10.3. The minimum absolute atomic E-state index is 0.0836. The standard InChI is InChI=1S/C16H21FN6O2/c1-22(2)15-19-13(20-16(21-15)23(3)4)9-18-14(24)10-6-7-12(25-5)11(17)8-10/h6-8H,9H2,1-5H3,(H,18,24). The Bertz CT molecular complexity index is 740. The van der Waals surface area contributed by atoms with E-state index in [9.17, 15) is 9.18 Å². The third-order valence-corrected chi connectivity index (χ3v) is 3.28. The van der Waals surface area contributed by atoms with E-state index in [4.69, 9.17) is 4.74 Å². The largest absolute Gasteiger partial charge is 0.494 e. The third-order valence-electron chi connectivity index (χ3n) is 3.28. The van der Waals surface area contributed by atoms with E-state index >= 15 is 0 Å². The highest BCUT2D eigenvalue weighted by Gasteiger charge is 2.13. The molecular formula is C16H21FN6O2. The number of methoxy groups -OCH3 is 1. The van der Waals surface area contributed by atoms with Crippen molar-refractivity contribution in [1.82, 2.24) is 20.3 Å². The van der Waals surface area contributed by atoms with E-state index in [1.165, 1.54) is 19.2 Å². The molecule has 2 rings (SSSR count). The van der Waals surface area contributed by atoms with Gasteiger partial charge in [-0.3, -0.25) is 4.79 Å². The highest BCUT2D eigenvalue weighted by atomic mass is 19.1. The maximum atomic E-state index is 13.7. The first-order valence-electron chi connectivity index (χ1n) is 7.53. The number of anilines is 2. The average molecular weight is 348 g/mol. The molecule has 0 atom stereocenters. The molecule has 1 N–H and O–H groups in total. The molecule has 0 fully saturated rings. The molecule has 0 spiro atoms. The first-order valence-corrected chi connectivity index (χ1v) is 7.53. The van der Waals surface area contributed by atoms with Crippen LogP contribution in [0.3, 0.4) is 0 Å². The molecule has 1 heterocycles. The maximum absolute atomic E-state index is 13.7. The van der Waals surface area contributed by atoms with E-state index in [1.54, 1.807) is 9.80 Å². The summed E-state index contributed by atoms with van der Waals surface area (Å²) in [4.78, 5) is 28.6. The van der Waals surface area contributed by atoms with Gasteiger partial charge < -0.3 is 19.9 Å². The van der Waals surface area contributed by atoms with E-state index in [-0.39, 0.29) is 17.9 Å². The topological polar surface area (TPSA) is 83.5 Å². The third kappa shape index (κ3) is 4.52. The zero-order valence-electron chi connectivity index (χ0n) is 14.9. The van der Waals surface area contributed by atoms with Crippen molar-refractivity contribution in [2.45, 2.75) is 6.54 Å². The van der Waals surface area contributed by atoms with Gasteiger partial charge in [0.15, 0.2) is 17.4 Å². The number of carbonyl (C=O) groups excluding carboxylic acids is 1. The Labute approximate surface area is 145 Å². The van der Waals surface area contributed by atoms with E-state index in [0.29, 0.717) is 17.7 Å². The van der Waals surface area contributed by atoms with Crippen molar-refractivity contribution in [1.29, 1.82) is 0 Å². The van der Waals surface area contributed by atoms with Gasteiger partial charge in [0.25, 0.3) is 5.91 Å². The monoisotopic (exact) mass is 348 g/mol.